The molecule has 2 rings (SSSR count). The van der Waals surface area contributed by atoms with Crippen LogP contribution in [0.3, 0.4) is 0 Å². The number of ketones is 1. The maximum Gasteiger partial charge on any atom is 0.313 e. The first-order chi connectivity index (χ1) is 10.6. The van der Waals surface area contributed by atoms with Gasteiger partial charge in [-0.3, -0.25) is 9.59 Å². The summed E-state index contributed by atoms with van der Waals surface area (Å²) in [6, 6.07) is 16.8. The molecule has 0 aliphatic carbocycles. The molecule has 0 unspecified atom stereocenters. The second-order valence-electron chi connectivity index (χ2n) is 4.74. The molecule has 0 aliphatic rings. The van der Waals surface area contributed by atoms with Gasteiger partial charge >= 0.3 is 5.97 Å². The Labute approximate surface area is 141 Å². The molecule has 0 saturated carbocycles. The minimum atomic E-state index is -0.873. The Morgan fingerprint density at radius 3 is 2.27 bits per heavy atom. The molecule has 0 saturated heterocycles. The van der Waals surface area contributed by atoms with E-state index in [1.165, 1.54) is 11.8 Å². The molecule has 0 bridgehead atoms. The van der Waals surface area contributed by atoms with Crippen molar-refractivity contribution in [2.75, 3.05) is 5.75 Å². The molecule has 5 heteroatoms. The van der Waals surface area contributed by atoms with Gasteiger partial charge in [-0.15, -0.1) is 11.8 Å². The van der Waals surface area contributed by atoms with Gasteiger partial charge in [-0.2, -0.15) is 0 Å². The van der Waals surface area contributed by atoms with Gasteiger partial charge in [0, 0.05) is 21.7 Å². The molecule has 0 radical (unpaired) electrons. The van der Waals surface area contributed by atoms with Gasteiger partial charge in [0.2, 0.25) is 0 Å². The highest BCUT2D eigenvalue weighted by molar-refractivity contribution is 9.10. The number of hydrogen-bond acceptors (Lipinski definition) is 3. The Kier molecular flexibility index (Phi) is 6.21. The number of hydrogen-bond donors (Lipinski definition) is 1. The number of aliphatic carboxylic acids is 1. The van der Waals surface area contributed by atoms with E-state index in [9.17, 15) is 9.59 Å². The summed E-state index contributed by atoms with van der Waals surface area (Å²) in [6.07, 6.45) is 0.281. The number of halogens is 1. The highest BCUT2D eigenvalue weighted by atomic mass is 79.9. The predicted octanol–water partition coefficient (Wildman–Crippen LogP) is 4.58. The summed E-state index contributed by atoms with van der Waals surface area (Å²) in [7, 11) is 0. The van der Waals surface area contributed by atoms with Crippen molar-refractivity contribution in [3.63, 3.8) is 0 Å². The number of benzene rings is 2. The number of carboxylic acids is 1. The second kappa shape index (κ2) is 8.15. The lowest BCUT2D eigenvalue weighted by Gasteiger charge is -2.15. The summed E-state index contributed by atoms with van der Waals surface area (Å²) in [4.78, 5) is 23.2. The van der Waals surface area contributed by atoms with E-state index >= 15 is 0 Å². The number of Topliss-reactive ketones (excluding diaryl/α,β-unsaturated/α-hetero) is 1. The maximum absolute atomic E-state index is 12.4. The van der Waals surface area contributed by atoms with Crippen molar-refractivity contribution in [1.82, 2.24) is 0 Å². The summed E-state index contributed by atoms with van der Waals surface area (Å²) < 4.78 is 0.920. The topological polar surface area (TPSA) is 54.4 Å². The van der Waals surface area contributed by atoms with Crippen LogP contribution in [0.15, 0.2) is 59.1 Å². The van der Waals surface area contributed by atoms with Crippen molar-refractivity contribution >= 4 is 39.4 Å². The lowest BCUT2D eigenvalue weighted by atomic mass is 10.0. The smallest absolute Gasteiger partial charge is 0.313 e. The summed E-state index contributed by atoms with van der Waals surface area (Å²) in [6.45, 7) is 0. The van der Waals surface area contributed by atoms with E-state index in [2.05, 4.69) is 15.9 Å². The number of rotatable bonds is 7. The number of carbonyl (C=O) groups is 2. The van der Waals surface area contributed by atoms with E-state index in [1.807, 2.05) is 42.5 Å². The van der Waals surface area contributed by atoms with Gasteiger partial charge in [0.25, 0.3) is 0 Å². The Morgan fingerprint density at radius 2 is 1.68 bits per heavy atom. The van der Waals surface area contributed by atoms with Gasteiger partial charge in [0.05, 0.1) is 5.75 Å². The fourth-order valence-corrected chi connectivity index (χ4v) is 3.26. The molecule has 2 aromatic rings. The lowest BCUT2D eigenvalue weighted by Crippen LogP contribution is -2.08. The van der Waals surface area contributed by atoms with Crippen LogP contribution in [0.4, 0.5) is 0 Å². The van der Waals surface area contributed by atoms with Gasteiger partial charge in [0.1, 0.15) is 0 Å². The van der Waals surface area contributed by atoms with Crippen LogP contribution < -0.4 is 0 Å². The van der Waals surface area contributed by atoms with Gasteiger partial charge in [-0.1, -0.05) is 58.4 Å². The number of carboxylic acid groups (broad SMARTS) is 1. The van der Waals surface area contributed by atoms with Crippen molar-refractivity contribution < 1.29 is 14.7 Å². The Hall–Kier alpha value is -1.59. The van der Waals surface area contributed by atoms with E-state index in [4.69, 9.17) is 5.11 Å². The van der Waals surface area contributed by atoms with E-state index in [0.29, 0.717) is 5.56 Å². The minimum absolute atomic E-state index is 0.0132. The molecule has 0 aliphatic heterocycles. The molecule has 22 heavy (non-hydrogen) atoms. The molecule has 3 nitrogen and oxygen atoms in total. The quantitative estimate of drug-likeness (QED) is 0.716. The molecule has 1 atom stereocenters. The van der Waals surface area contributed by atoms with Crippen LogP contribution in [0, 0.1) is 0 Å². The van der Waals surface area contributed by atoms with Gasteiger partial charge in [0.15, 0.2) is 5.78 Å². The molecule has 0 amide bonds. The third-order valence-electron chi connectivity index (χ3n) is 3.12. The van der Waals surface area contributed by atoms with Crippen LogP contribution >= 0.6 is 27.7 Å². The molecule has 0 aromatic heterocycles. The van der Waals surface area contributed by atoms with Crippen LogP contribution in [0.2, 0.25) is 0 Å². The van der Waals surface area contributed by atoms with E-state index in [-0.39, 0.29) is 23.2 Å². The molecule has 2 aromatic carbocycles. The average molecular weight is 379 g/mol. The normalized spacial score (nSPS) is 11.9. The molecule has 0 heterocycles. The van der Waals surface area contributed by atoms with Crippen LogP contribution in [-0.2, 0) is 4.79 Å². The SMILES string of the molecule is O=C(O)CS[C@H](CC(=O)c1ccc(Br)cc1)c1ccccc1. The third kappa shape index (κ3) is 5.00. The van der Waals surface area contributed by atoms with Crippen LogP contribution in [0.1, 0.15) is 27.6 Å². The molecule has 114 valence electrons. The summed E-state index contributed by atoms with van der Waals surface area (Å²) in [5, 5.41) is 8.72. The standard InChI is InChI=1S/C17H15BrO3S/c18-14-8-6-12(7-9-14)15(19)10-16(22-11-17(20)21)13-4-2-1-3-5-13/h1-9,16H,10-11H2,(H,20,21)/t16-/m1/s1. The van der Waals surface area contributed by atoms with E-state index in [1.54, 1.807) is 12.1 Å². The van der Waals surface area contributed by atoms with Gasteiger partial charge < -0.3 is 5.11 Å². The van der Waals surface area contributed by atoms with Gasteiger partial charge in [-0.25, -0.2) is 0 Å². The van der Waals surface area contributed by atoms with Gasteiger partial charge in [-0.05, 0) is 17.7 Å². The molecular weight excluding hydrogens is 364 g/mol. The predicted molar refractivity (Wildman–Crippen MR) is 92.4 cm³/mol. The molecular formula is C17H15BrO3S. The first-order valence-electron chi connectivity index (χ1n) is 6.73. The van der Waals surface area contributed by atoms with Crippen molar-refractivity contribution in [1.29, 1.82) is 0 Å². The Morgan fingerprint density at radius 1 is 1.05 bits per heavy atom. The Bertz CT molecular complexity index is 641. The van der Waals surface area contributed by atoms with Crippen molar-refractivity contribution in [2.24, 2.45) is 0 Å². The first-order valence-corrected chi connectivity index (χ1v) is 8.57. The summed E-state index contributed by atoms with van der Waals surface area (Å²) >= 11 is 4.62. The zero-order valence-corrected chi connectivity index (χ0v) is 14.1. The molecule has 0 fully saturated rings. The summed E-state index contributed by atoms with van der Waals surface area (Å²) in [5.41, 5.74) is 1.61. The number of thioether (sulfide) groups is 1. The van der Waals surface area contributed by atoms with E-state index in [0.717, 1.165) is 10.0 Å². The average Bonchev–Trinajstić information content (AvgIpc) is 2.52. The van der Waals surface area contributed by atoms with Crippen LogP contribution in [-0.4, -0.2) is 22.6 Å². The van der Waals surface area contributed by atoms with Crippen molar-refractivity contribution in [3.8, 4) is 0 Å². The number of carbonyl (C=O) groups excluding carboxylic acids is 1. The molecule has 0 spiro atoms. The Balaban J connectivity index is 2.13. The van der Waals surface area contributed by atoms with Crippen molar-refractivity contribution in [3.05, 3.63) is 70.2 Å². The highest BCUT2D eigenvalue weighted by Gasteiger charge is 2.18. The zero-order chi connectivity index (χ0) is 15.9. The summed E-state index contributed by atoms with van der Waals surface area (Å²) in [5.74, 6) is -0.881. The van der Waals surface area contributed by atoms with Crippen LogP contribution in [0.5, 0.6) is 0 Å². The monoisotopic (exact) mass is 378 g/mol. The van der Waals surface area contributed by atoms with Crippen LogP contribution in [0.25, 0.3) is 0 Å². The second-order valence-corrected chi connectivity index (χ2v) is 6.84. The van der Waals surface area contributed by atoms with E-state index < -0.39 is 5.97 Å². The third-order valence-corrected chi connectivity index (χ3v) is 4.90. The minimum Gasteiger partial charge on any atom is -0.481 e. The fourth-order valence-electron chi connectivity index (χ4n) is 2.03. The first kappa shape index (κ1) is 16.8. The largest absolute Gasteiger partial charge is 0.481 e. The highest BCUT2D eigenvalue weighted by Crippen LogP contribution is 2.33. The zero-order valence-electron chi connectivity index (χ0n) is 11.7. The molecule has 1 N–H and O–H groups in total. The maximum atomic E-state index is 12.4. The fraction of sp³-hybridized carbons (Fsp3) is 0.176. The lowest BCUT2D eigenvalue weighted by molar-refractivity contribution is -0.133. The van der Waals surface area contributed by atoms with Crippen molar-refractivity contribution in [2.45, 2.75) is 11.7 Å².